The molecule has 8 nitrogen and oxygen atoms in total. The van der Waals surface area contributed by atoms with Crippen LogP contribution in [0.4, 0.5) is 4.79 Å². The quantitative estimate of drug-likeness (QED) is 0.434. The number of carbonyl (C=O) groups excluding carboxylic acids is 4. The molecule has 1 aliphatic heterocycles. The lowest BCUT2D eigenvalue weighted by Gasteiger charge is -2.29. The Balaban J connectivity index is 1.97. The minimum absolute atomic E-state index is 0.104. The van der Waals surface area contributed by atoms with Crippen LogP contribution in [0.25, 0.3) is 0 Å². The van der Waals surface area contributed by atoms with Gasteiger partial charge in [-0.1, -0.05) is 0 Å². The number of carbonyl (C=O) groups is 4. The van der Waals surface area contributed by atoms with Crippen LogP contribution < -0.4 is 10.6 Å². The highest BCUT2D eigenvalue weighted by Gasteiger charge is 2.42. The molecule has 0 atom stereocenters. The summed E-state index contributed by atoms with van der Waals surface area (Å²) in [5.41, 5.74) is 0.107. The van der Waals surface area contributed by atoms with Crippen molar-refractivity contribution in [2.24, 2.45) is 0 Å². The van der Waals surface area contributed by atoms with Gasteiger partial charge in [-0.05, 0) is 39.0 Å². The Bertz CT molecular complexity index is 773. The lowest BCUT2D eigenvalue weighted by atomic mass is 10.1. The molecule has 0 spiro atoms. The van der Waals surface area contributed by atoms with Crippen molar-refractivity contribution in [2.45, 2.75) is 26.3 Å². The van der Waals surface area contributed by atoms with E-state index in [1.165, 1.54) is 23.1 Å². The van der Waals surface area contributed by atoms with Crippen LogP contribution in [-0.2, 0) is 4.74 Å². The molecule has 1 heterocycles. The smallest absolute Gasteiger partial charge is 0.407 e. The summed E-state index contributed by atoms with van der Waals surface area (Å²) in [6, 6.07) is 4.39. The lowest BCUT2D eigenvalue weighted by Crippen LogP contribution is -2.45. The van der Waals surface area contributed by atoms with Crippen LogP contribution in [0.2, 0.25) is 0 Å². The zero-order chi connectivity index (χ0) is 20.2. The Hall–Kier alpha value is -2.61. The van der Waals surface area contributed by atoms with Crippen molar-refractivity contribution in [3.05, 3.63) is 34.9 Å². The first-order valence-corrected chi connectivity index (χ1v) is 8.98. The van der Waals surface area contributed by atoms with Crippen LogP contribution in [0.5, 0.6) is 0 Å². The zero-order valence-electron chi connectivity index (χ0n) is 15.4. The third-order valence-electron chi connectivity index (χ3n) is 3.81. The van der Waals surface area contributed by atoms with E-state index in [1.54, 1.807) is 20.8 Å². The second-order valence-corrected chi connectivity index (χ2v) is 7.26. The Morgan fingerprint density at radius 2 is 1.70 bits per heavy atom. The first-order valence-electron chi connectivity index (χ1n) is 8.44. The average Bonchev–Trinajstić information content (AvgIpc) is 2.87. The molecule has 2 rings (SSSR count). The molecule has 146 valence electrons. The number of halogens is 1. The van der Waals surface area contributed by atoms with E-state index in [4.69, 9.17) is 16.3 Å². The summed E-state index contributed by atoms with van der Waals surface area (Å²) in [7, 11) is 0. The number of rotatable bonds is 6. The Labute approximate surface area is 162 Å². The maximum atomic E-state index is 12.6. The van der Waals surface area contributed by atoms with Gasteiger partial charge in [-0.25, -0.2) is 4.79 Å². The van der Waals surface area contributed by atoms with Crippen LogP contribution in [0.3, 0.4) is 0 Å². The highest BCUT2D eigenvalue weighted by atomic mass is 35.5. The van der Waals surface area contributed by atoms with Crippen molar-refractivity contribution in [1.29, 1.82) is 0 Å². The molecule has 1 aromatic carbocycles. The molecule has 1 aromatic rings. The van der Waals surface area contributed by atoms with E-state index in [9.17, 15) is 19.2 Å². The maximum absolute atomic E-state index is 12.6. The third kappa shape index (κ3) is 4.77. The first kappa shape index (κ1) is 20.7. The van der Waals surface area contributed by atoms with E-state index in [1.807, 2.05) is 0 Å². The molecule has 1 aliphatic rings. The van der Waals surface area contributed by atoms with Gasteiger partial charge in [0.2, 0.25) is 0 Å². The van der Waals surface area contributed by atoms with Gasteiger partial charge >= 0.3 is 6.09 Å². The number of hydrogen-bond donors (Lipinski definition) is 2. The minimum atomic E-state index is -0.653. The molecule has 0 fully saturated rings. The summed E-state index contributed by atoms with van der Waals surface area (Å²) in [5.74, 6) is -0.991. The second-order valence-electron chi connectivity index (χ2n) is 6.88. The van der Waals surface area contributed by atoms with Gasteiger partial charge in [0, 0.05) is 24.2 Å². The van der Waals surface area contributed by atoms with E-state index in [2.05, 4.69) is 10.6 Å². The van der Waals surface area contributed by atoms with Gasteiger partial charge in [-0.3, -0.25) is 19.3 Å². The Morgan fingerprint density at radius 1 is 1.07 bits per heavy atom. The average molecular weight is 396 g/mol. The van der Waals surface area contributed by atoms with Crippen LogP contribution in [0.15, 0.2) is 18.2 Å². The number of hydrogen-bond acceptors (Lipinski definition) is 5. The number of alkyl halides is 1. The van der Waals surface area contributed by atoms with Gasteiger partial charge < -0.3 is 15.4 Å². The van der Waals surface area contributed by atoms with Crippen LogP contribution in [-0.4, -0.2) is 59.8 Å². The Kier molecular flexibility index (Phi) is 6.43. The molecule has 4 amide bonds. The second kappa shape index (κ2) is 8.39. The third-order valence-corrected chi connectivity index (χ3v) is 3.96. The molecule has 0 aromatic heterocycles. The van der Waals surface area contributed by atoms with E-state index in [0.29, 0.717) is 0 Å². The number of alkyl carbamates (subject to hydrolysis) is 1. The number of fused-ring (bicyclic) bond motifs is 1. The van der Waals surface area contributed by atoms with Gasteiger partial charge in [0.05, 0.1) is 17.0 Å². The molecule has 2 N–H and O–H groups in total. The summed E-state index contributed by atoms with van der Waals surface area (Å²) >= 11 is 5.40. The van der Waals surface area contributed by atoms with Gasteiger partial charge in [0.25, 0.3) is 17.7 Å². The molecule has 0 saturated heterocycles. The molecule has 0 bridgehead atoms. The minimum Gasteiger partial charge on any atom is -0.448 e. The number of nitrogens with zero attached hydrogens (tertiary/aromatic N) is 1. The molecule has 0 aliphatic carbocycles. The number of ether oxygens (including phenoxy) is 1. The molecular weight excluding hydrogens is 374 g/mol. The van der Waals surface area contributed by atoms with Crippen molar-refractivity contribution in [3.8, 4) is 0 Å². The van der Waals surface area contributed by atoms with Crippen molar-refractivity contribution >= 4 is 35.4 Å². The fourth-order valence-electron chi connectivity index (χ4n) is 2.62. The van der Waals surface area contributed by atoms with E-state index < -0.39 is 23.4 Å². The normalized spacial score (nSPS) is 13.4. The summed E-state index contributed by atoms with van der Waals surface area (Å²) in [6.45, 7) is 5.77. The van der Waals surface area contributed by atoms with Crippen LogP contribution in [0.1, 0.15) is 51.8 Å². The van der Waals surface area contributed by atoms with Crippen molar-refractivity contribution < 1.29 is 23.9 Å². The Morgan fingerprint density at radius 3 is 2.33 bits per heavy atom. The van der Waals surface area contributed by atoms with Gasteiger partial charge in [-0.2, -0.15) is 0 Å². The number of amides is 4. The van der Waals surface area contributed by atoms with Crippen molar-refractivity contribution in [2.75, 3.05) is 25.6 Å². The monoisotopic (exact) mass is 395 g/mol. The summed E-state index contributed by atoms with van der Waals surface area (Å²) in [5, 5.41) is 5.09. The van der Waals surface area contributed by atoms with Crippen molar-refractivity contribution in [1.82, 2.24) is 15.5 Å². The summed E-state index contributed by atoms with van der Waals surface area (Å²) in [4.78, 5) is 49.7. The maximum Gasteiger partial charge on any atom is 0.407 e. The fourth-order valence-corrected chi connectivity index (χ4v) is 2.69. The predicted octanol–water partition coefficient (Wildman–Crippen LogP) is 1.78. The number of benzene rings is 1. The number of imide groups is 1. The fraction of sp³-hybridized carbons (Fsp3) is 0.444. The summed E-state index contributed by atoms with van der Waals surface area (Å²) in [6.07, 6.45) is -0.617. The molecule has 0 radical (unpaired) electrons. The van der Waals surface area contributed by atoms with Crippen molar-refractivity contribution in [3.63, 3.8) is 0 Å². The highest BCUT2D eigenvalue weighted by Crippen LogP contribution is 2.29. The van der Waals surface area contributed by atoms with E-state index >= 15 is 0 Å². The van der Waals surface area contributed by atoms with Gasteiger partial charge in [0.15, 0.2) is 0 Å². The topological polar surface area (TPSA) is 105 Å². The lowest BCUT2D eigenvalue weighted by molar-refractivity contribution is 0.0507. The molecule has 0 unspecified atom stereocenters. The van der Waals surface area contributed by atoms with Crippen LogP contribution in [0, 0.1) is 0 Å². The standard InChI is InChI=1S/C18H22ClN3O5/c1-18(2,3)22-15(24)12-5-4-11(10-13(12)16(22)25)14(23)20-7-8-21-17(26)27-9-6-19/h4-5,10H,6-9H2,1-3H3,(H,20,23)(H,21,26). The molecular formula is C18H22ClN3O5. The first-order chi connectivity index (χ1) is 12.7. The van der Waals surface area contributed by atoms with E-state index in [-0.39, 0.29) is 48.2 Å². The molecule has 9 heteroatoms. The SMILES string of the molecule is CC(C)(C)N1C(=O)c2ccc(C(=O)NCCNC(=O)OCCCl)cc2C1=O. The van der Waals surface area contributed by atoms with Gasteiger partial charge in [0.1, 0.15) is 6.61 Å². The predicted molar refractivity (Wildman–Crippen MR) is 99.1 cm³/mol. The zero-order valence-corrected chi connectivity index (χ0v) is 16.2. The molecule has 0 saturated carbocycles. The molecule has 27 heavy (non-hydrogen) atoms. The van der Waals surface area contributed by atoms with Crippen LogP contribution >= 0.6 is 11.6 Å². The number of nitrogens with one attached hydrogen (secondary N) is 2. The van der Waals surface area contributed by atoms with E-state index in [0.717, 1.165) is 0 Å². The largest absolute Gasteiger partial charge is 0.448 e. The van der Waals surface area contributed by atoms with Gasteiger partial charge in [-0.15, -0.1) is 11.6 Å². The highest BCUT2D eigenvalue weighted by molar-refractivity contribution is 6.22. The summed E-state index contributed by atoms with van der Waals surface area (Å²) < 4.78 is 4.72.